The first-order valence-electron chi connectivity index (χ1n) is 9.90. The van der Waals surface area contributed by atoms with E-state index in [4.69, 9.17) is 10.5 Å². The smallest absolute Gasteiger partial charge is 0.239 e. The molecule has 2 N–H and O–H groups in total. The second-order valence-electron chi connectivity index (χ2n) is 8.13. The molecule has 0 bridgehead atoms. The number of carbonyl (C=O) groups excluding carboxylic acids is 1. The lowest BCUT2D eigenvalue weighted by molar-refractivity contribution is -0.137. The van der Waals surface area contributed by atoms with E-state index in [9.17, 15) is 4.79 Å². The summed E-state index contributed by atoms with van der Waals surface area (Å²) in [5.41, 5.74) is 9.51. The third kappa shape index (κ3) is 3.64. The average molecular weight is 379 g/mol. The summed E-state index contributed by atoms with van der Waals surface area (Å²) in [7, 11) is 0. The minimum atomic E-state index is -0.363. The van der Waals surface area contributed by atoms with Crippen LogP contribution in [0.25, 0.3) is 0 Å². The molecule has 1 aromatic rings. The van der Waals surface area contributed by atoms with Crippen LogP contribution in [-0.2, 0) is 21.4 Å². The topological polar surface area (TPSA) is 55.6 Å². The zero-order valence-corrected chi connectivity index (χ0v) is 16.3. The number of rotatable bonds is 2. The highest BCUT2D eigenvalue weighted by Gasteiger charge is 2.42. The molecule has 4 rings (SSSR count). The van der Waals surface area contributed by atoms with Crippen LogP contribution in [0.15, 0.2) is 24.3 Å². The van der Waals surface area contributed by atoms with Gasteiger partial charge in [0, 0.05) is 31.7 Å². The van der Waals surface area contributed by atoms with Crippen molar-refractivity contribution < 1.29 is 9.53 Å². The van der Waals surface area contributed by atoms with Crippen LogP contribution < -0.4 is 5.73 Å². The number of hydrogen-bond donors (Lipinski definition) is 1. The Bertz CT molecular complexity index is 632. The molecule has 2 heterocycles. The lowest BCUT2D eigenvalue weighted by Crippen LogP contribution is -2.55. The molecule has 2 atom stereocenters. The maximum Gasteiger partial charge on any atom is 0.239 e. The number of amides is 1. The molecule has 0 radical (unpaired) electrons. The second-order valence-corrected chi connectivity index (χ2v) is 8.13. The van der Waals surface area contributed by atoms with Crippen LogP contribution in [0.3, 0.4) is 0 Å². The van der Waals surface area contributed by atoms with Crippen LogP contribution in [0, 0.1) is 5.92 Å². The fraction of sp³-hybridized carbons (Fsp3) is 0.667. The summed E-state index contributed by atoms with van der Waals surface area (Å²) in [6.07, 6.45) is 7.70. The number of nitrogens with two attached hydrogens (primary N) is 1. The van der Waals surface area contributed by atoms with Crippen molar-refractivity contribution in [3.8, 4) is 0 Å². The Morgan fingerprint density at radius 1 is 1.19 bits per heavy atom. The molecule has 1 aromatic carbocycles. The van der Waals surface area contributed by atoms with Crippen LogP contribution in [-0.4, -0.2) is 43.2 Å². The molecule has 2 unspecified atom stereocenters. The summed E-state index contributed by atoms with van der Waals surface area (Å²) in [6, 6.07) is 8.49. The van der Waals surface area contributed by atoms with E-state index in [0.29, 0.717) is 0 Å². The van der Waals surface area contributed by atoms with Crippen molar-refractivity contribution in [3.63, 3.8) is 0 Å². The molecule has 0 aromatic heterocycles. The largest absolute Gasteiger partial charge is 0.381 e. The third-order valence-electron chi connectivity index (χ3n) is 6.64. The normalized spacial score (nSPS) is 27.5. The number of halogens is 1. The highest BCUT2D eigenvalue weighted by atomic mass is 35.5. The zero-order valence-electron chi connectivity index (χ0n) is 15.5. The van der Waals surface area contributed by atoms with Gasteiger partial charge in [-0.25, -0.2) is 0 Å². The standard InChI is InChI=1S/C21H30N2O2.ClH/c22-19(17-8-13-25-14-9-17)20(24)23-12-4-11-21(15-23)10-3-6-16-5-1-2-7-18(16)21;/h1-2,5,7,17,19H,3-4,6,8-15,22H2;1H. The maximum absolute atomic E-state index is 13.1. The van der Waals surface area contributed by atoms with Crippen molar-refractivity contribution >= 4 is 18.3 Å². The molecule has 4 nitrogen and oxygen atoms in total. The van der Waals surface area contributed by atoms with Gasteiger partial charge in [-0.1, -0.05) is 24.3 Å². The molecule has 26 heavy (non-hydrogen) atoms. The van der Waals surface area contributed by atoms with Crippen LogP contribution >= 0.6 is 12.4 Å². The fourth-order valence-electron chi connectivity index (χ4n) is 5.24. The lowest BCUT2D eigenvalue weighted by atomic mass is 9.65. The van der Waals surface area contributed by atoms with Gasteiger partial charge in [0.2, 0.25) is 5.91 Å². The van der Waals surface area contributed by atoms with Crippen LogP contribution in [0.2, 0.25) is 0 Å². The highest BCUT2D eigenvalue weighted by Crippen LogP contribution is 2.43. The molecular weight excluding hydrogens is 348 g/mol. The molecule has 1 amide bonds. The van der Waals surface area contributed by atoms with Crippen molar-refractivity contribution in [2.75, 3.05) is 26.3 Å². The Morgan fingerprint density at radius 3 is 2.73 bits per heavy atom. The van der Waals surface area contributed by atoms with Crippen LogP contribution in [0.4, 0.5) is 0 Å². The Balaban J connectivity index is 0.00000196. The first kappa shape index (κ1) is 19.7. The highest BCUT2D eigenvalue weighted by molar-refractivity contribution is 5.85. The van der Waals surface area contributed by atoms with Crippen LogP contribution in [0.5, 0.6) is 0 Å². The fourth-order valence-corrected chi connectivity index (χ4v) is 5.24. The molecule has 5 heteroatoms. The van der Waals surface area contributed by atoms with E-state index in [2.05, 4.69) is 29.2 Å². The van der Waals surface area contributed by atoms with Crippen molar-refractivity contribution in [1.82, 2.24) is 4.90 Å². The molecular formula is C21H31ClN2O2. The predicted molar refractivity (Wildman–Crippen MR) is 106 cm³/mol. The van der Waals surface area contributed by atoms with Gasteiger partial charge in [0.25, 0.3) is 0 Å². The molecule has 2 aliphatic heterocycles. The molecule has 2 fully saturated rings. The van der Waals surface area contributed by atoms with E-state index < -0.39 is 0 Å². The third-order valence-corrected chi connectivity index (χ3v) is 6.64. The second kappa shape index (κ2) is 8.28. The summed E-state index contributed by atoms with van der Waals surface area (Å²) in [6.45, 7) is 3.19. The van der Waals surface area contributed by atoms with Gasteiger partial charge in [-0.05, 0) is 62.0 Å². The maximum atomic E-state index is 13.1. The number of benzene rings is 1. The number of aryl methyl sites for hydroxylation is 1. The van der Waals surface area contributed by atoms with E-state index in [0.717, 1.165) is 45.6 Å². The monoisotopic (exact) mass is 378 g/mol. The summed E-state index contributed by atoms with van der Waals surface area (Å²) in [5.74, 6) is 0.437. The number of nitrogens with zero attached hydrogens (tertiary/aromatic N) is 1. The van der Waals surface area contributed by atoms with Gasteiger partial charge in [-0.3, -0.25) is 4.79 Å². The van der Waals surface area contributed by atoms with Gasteiger partial charge in [-0.2, -0.15) is 0 Å². The van der Waals surface area contributed by atoms with Crippen molar-refractivity contribution in [2.24, 2.45) is 11.7 Å². The SMILES string of the molecule is Cl.NC(C(=O)N1CCCC2(CCCc3ccccc32)C1)C1CCOCC1. The summed E-state index contributed by atoms with van der Waals surface area (Å²) < 4.78 is 5.42. The van der Waals surface area contributed by atoms with Crippen molar-refractivity contribution in [2.45, 2.75) is 56.4 Å². The number of fused-ring (bicyclic) bond motifs is 2. The summed E-state index contributed by atoms with van der Waals surface area (Å²) in [5, 5.41) is 0. The van der Waals surface area contributed by atoms with E-state index in [-0.39, 0.29) is 35.7 Å². The number of likely N-dealkylation sites (tertiary alicyclic amines) is 1. The van der Waals surface area contributed by atoms with E-state index in [1.54, 1.807) is 0 Å². The summed E-state index contributed by atoms with van der Waals surface area (Å²) in [4.78, 5) is 15.2. The predicted octanol–water partition coefficient (Wildman–Crippen LogP) is 3.06. The van der Waals surface area contributed by atoms with E-state index in [1.165, 1.54) is 36.8 Å². The number of hydrogen-bond acceptors (Lipinski definition) is 3. The zero-order chi connectivity index (χ0) is 17.3. The van der Waals surface area contributed by atoms with Gasteiger partial charge in [0.05, 0.1) is 6.04 Å². The molecule has 1 spiro atoms. The number of ether oxygens (including phenoxy) is 1. The van der Waals surface area contributed by atoms with E-state index in [1.807, 2.05) is 0 Å². The minimum absolute atomic E-state index is 0. The quantitative estimate of drug-likeness (QED) is 0.860. The first-order chi connectivity index (χ1) is 12.2. The number of piperidine rings is 1. The van der Waals surface area contributed by atoms with Gasteiger partial charge >= 0.3 is 0 Å². The number of carbonyl (C=O) groups is 1. The van der Waals surface area contributed by atoms with Gasteiger partial charge in [0.15, 0.2) is 0 Å². The Kier molecular flexibility index (Phi) is 6.26. The first-order valence-corrected chi connectivity index (χ1v) is 9.90. The van der Waals surface area contributed by atoms with Crippen molar-refractivity contribution in [3.05, 3.63) is 35.4 Å². The molecule has 3 aliphatic rings. The molecule has 144 valence electrons. The van der Waals surface area contributed by atoms with Gasteiger partial charge < -0.3 is 15.4 Å². The molecule has 1 aliphatic carbocycles. The Morgan fingerprint density at radius 2 is 1.92 bits per heavy atom. The Labute approximate surface area is 162 Å². The minimum Gasteiger partial charge on any atom is -0.381 e. The molecule has 2 saturated heterocycles. The summed E-state index contributed by atoms with van der Waals surface area (Å²) >= 11 is 0. The van der Waals surface area contributed by atoms with Gasteiger partial charge in [-0.15, -0.1) is 12.4 Å². The van der Waals surface area contributed by atoms with Crippen molar-refractivity contribution in [1.29, 1.82) is 0 Å². The van der Waals surface area contributed by atoms with Gasteiger partial charge in [0.1, 0.15) is 0 Å². The average Bonchev–Trinajstić information content (AvgIpc) is 2.68. The van der Waals surface area contributed by atoms with Crippen LogP contribution in [0.1, 0.15) is 49.7 Å². The Hall–Kier alpha value is -1.10. The lowest BCUT2D eigenvalue weighted by Gasteiger charge is -2.47. The molecule has 0 saturated carbocycles. The van der Waals surface area contributed by atoms with E-state index >= 15 is 0 Å².